The molecule has 0 N–H and O–H groups in total. The predicted molar refractivity (Wildman–Crippen MR) is 63.4 cm³/mol. The number of hydrogen-bond acceptors (Lipinski definition) is 3. The molecule has 0 saturated heterocycles. The van der Waals surface area contributed by atoms with Crippen LogP contribution in [0.3, 0.4) is 0 Å². The molecule has 0 aromatic heterocycles. The average Bonchev–Trinajstić information content (AvgIpc) is 2.27. The minimum absolute atomic E-state index is 0.348. The first kappa shape index (κ1) is 13.9. The molecule has 0 amide bonds. The van der Waals surface area contributed by atoms with E-state index in [0.29, 0.717) is 10.7 Å². The summed E-state index contributed by atoms with van der Waals surface area (Å²) >= 11 is 5.69. The van der Waals surface area contributed by atoms with Gasteiger partial charge in [-0.05, 0) is 25.5 Å². The SMILES string of the molecule is CCC(C)=C(/C=C\C(Cl)=NC)C(=O)OC. The summed E-state index contributed by atoms with van der Waals surface area (Å²) in [5, 5.41) is 0.348. The Hall–Kier alpha value is -1.09. The molecule has 0 spiro atoms. The van der Waals surface area contributed by atoms with Gasteiger partial charge in [0.1, 0.15) is 5.17 Å². The lowest BCUT2D eigenvalue weighted by atomic mass is 10.1. The molecule has 4 heteroatoms. The molecule has 3 nitrogen and oxygen atoms in total. The molecular formula is C11H16ClNO2. The van der Waals surface area contributed by atoms with Gasteiger partial charge in [-0.15, -0.1) is 0 Å². The second kappa shape index (κ2) is 7.23. The fraction of sp³-hybridized carbons (Fsp3) is 0.455. The Balaban J connectivity index is 5.00. The van der Waals surface area contributed by atoms with Gasteiger partial charge in [0.25, 0.3) is 0 Å². The largest absolute Gasteiger partial charge is 0.465 e. The highest BCUT2D eigenvalue weighted by molar-refractivity contribution is 6.68. The van der Waals surface area contributed by atoms with E-state index >= 15 is 0 Å². The molecule has 0 aromatic rings. The summed E-state index contributed by atoms with van der Waals surface area (Å²) in [6.07, 6.45) is 3.99. The van der Waals surface area contributed by atoms with Crippen molar-refractivity contribution in [2.45, 2.75) is 20.3 Å². The number of nitrogens with zero attached hydrogens (tertiary/aromatic N) is 1. The molecule has 0 aliphatic heterocycles. The van der Waals surface area contributed by atoms with Gasteiger partial charge in [-0.3, -0.25) is 4.99 Å². The summed E-state index contributed by atoms with van der Waals surface area (Å²) in [7, 11) is 2.94. The molecule has 0 aliphatic rings. The highest BCUT2D eigenvalue weighted by atomic mass is 35.5. The zero-order valence-corrected chi connectivity index (χ0v) is 10.3. The van der Waals surface area contributed by atoms with E-state index in [1.807, 2.05) is 13.8 Å². The zero-order valence-electron chi connectivity index (χ0n) is 9.50. The van der Waals surface area contributed by atoms with Gasteiger partial charge in [0.2, 0.25) is 0 Å². The van der Waals surface area contributed by atoms with E-state index in [0.717, 1.165) is 12.0 Å². The van der Waals surface area contributed by atoms with E-state index in [1.54, 1.807) is 19.2 Å². The minimum Gasteiger partial charge on any atom is -0.465 e. The number of hydrogen-bond donors (Lipinski definition) is 0. The maximum atomic E-state index is 11.4. The number of carbonyl (C=O) groups is 1. The third kappa shape index (κ3) is 4.79. The molecule has 0 bridgehead atoms. The molecule has 0 heterocycles. The van der Waals surface area contributed by atoms with Crippen LogP contribution in [0.1, 0.15) is 20.3 Å². The molecule has 0 fully saturated rings. The number of halogens is 1. The highest BCUT2D eigenvalue weighted by Gasteiger charge is 2.08. The maximum absolute atomic E-state index is 11.4. The zero-order chi connectivity index (χ0) is 11.8. The Morgan fingerprint density at radius 1 is 1.47 bits per heavy atom. The van der Waals surface area contributed by atoms with Gasteiger partial charge >= 0.3 is 5.97 Å². The van der Waals surface area contributed by atoms with Crippen LogP contribution < -0.4 is 0 Å². The van der Waals surface area contributed by atoms with Crippen LogP contribution in [-0.2, 0) is 9.53 Å². The van der Waals surface area contributed by atoms with Crippen LogP contribution >= 0.6 is 11.6 Å². The molecule has 0 rings (SSSR count). The molecule has 0 radical (unpaired) electrons. The van der Waals surface area contributed by atoms with Gasteiger partial charge in [-0.25, -0.2) is 4.79 Å². The Morgan fingerprint density at radius 2 is 2.07 bits per heavy atom. The third-order valence-electron chi connectivity index (χ3n) is 2.00. The first-order valence-electron chi connectivity index (χ1n) is 4.65. The molecule has 0 atom stereocenters. The maximum Gasteiger partial charge on any atom is 0.337 e. The Bertz CT molecular complexity index is 317. The monoisotopic (exact) mass is 229 g/mol. The van der Waals surface area contributed by atoms with Crippen molar-refractivity contribution in [3.8, 4) is 0 Å². The van der Waals surface area contributed by atoms with Gasteiger partial charge in [0.05, 0.1) is 12.7 Å². The number of carbonyl (C=O) groups excluding carboxylic acids is 1. The Labute approximate surface area is 95.5 Å². The van der Waals surface area contributed by atoms with Crippen LogP contribution in [0.25, 0.3) is 0 Å². The minimum atomic E-state index is -0.355. The first-order chi connectivity index (χ1) is 7.06. The molecule has 0 saturated carbocycles. The number of allylic oxidation sites excluding steroid dienone is 2. The molecule has 84 valence electrons. The number of methoxy groups -OCH3 is 1. The molecule has 15 heavy (non-hydrogen) atoms. The molecule has 0 unspecified atom stereocenters. The van der Waals surface area contributed by atoms with E-state index < -0.39 is 0 Å². The lowest BCUT2D eigenvalue weighted by Gasteiger charge is -2.04. The van der Waals surface area contributed by atoms with Gasteiger partial charge in [-0.2, -0.15) is 0 Å². The van der Waals surface area contributed by atoms with E-state index in [-0.39, 0.29) is 5.97 Å². The number of rotatable bonds is 4. The standard InChI is InChI=1S/C11H16ClNO2/c1-5-8(2)9(11(14)15-4)6-7-10(12)13-3/h6-7H,5H2,1-4H3/b7-6-,9-8?,13-10?. The van der Waals surface area contributed by atoms with Crippen molar-refractivity contribution >= 4 is 22.7 Å². The number of esters is 1. The van der Waals surface area contributed by atoms with Crippen molar-refractivity contribution in [1.82, 2.24) is 0 Å². The fourth-order valence-electron chi connectivity index (χ4n) is 0.912. The lowest BCUT2D eigenvalue weighted by molar-refractivity contribution is -0.135. The van der Waals surface area contributed by atoms with Gasteiger partial charge in [0, 0.05) is 7.05 Å². The number of aliphatic imine (C=N–C) groups is 1. The third-order valence-corrected chi connectivity index (χ3v) is 2.29. The van der Waals surface area contributed by atoms with Crippen molar-refractivity contribution < 1.29 is 9.53 Å². The molecular weight excluding hydrogens is 214 g/mol. The van der Waals surface area contributed by atoms with Crippen LogP contribution in [0.5, 0.6) is 0 Å². The smallest absolute Gasteiger partial charge is 0.337 e. The van der Waals surface area contributed by atoms with Crippen LogP contribution in [0.2, 0.25) is 0 Å². The number of ether oxygens (including phenoxy) is 1. The van der Waals surface area contributed by atoms with Crippen LogP contribution in [-0.4, -0.2) is 25.3 Å². The van der Waals surface area contributed by atoms with Crippen molar-refractivity contribution in [2.75, 3.05) is 14.2 Å². The van der Waals surface area contributed by atoms with Crippen molar-refractivity contribution in [3.05, 3.63) is 23.3 Å². The average molecular weight is 230 g/mol. The summed E-state index contributed by atoms with van der Waals surface area (Å²) in [4.78, 5) is 15.2. The molecule has 0 aromatic carbocycles. The summed E-state index contributed by atoms with van der Waals surface area (Å²) in [6.45, 7) is 3.86. The van der Waals surface area contributed by atoms with Crippen molar-refractivity contribution in [2.24, 2.45) is 4.99 Å². The quantitative estimate of drug-likeness (QED) is 0.322. The second-order valence-corrected chi connectivity index (χ2v) is 3.31. The summed E-state index contributed by atoms with van der Waals surface area (Å²) in [5.74, 6) is -0.355. The summed E-state index contributed by atoms with van der Waals surface area (Å²) in [5.41, 5.74) is 1.49. The summed E-state index contributed by atoms with van der Waals surface area (Å²) in [6, 6.07) is 0. The van der Waals surface area contributed by atoms with Crippen LogP contribution in [0, 0.1) is 0 Å². The van der Waals surface area contributed by atoms with E-state index in [4.69, 9.17) is 11.6 Å². The van der Waals surface area contributed by atoms with Gasteiger partial charge in [-0.1, -0.05) is 24.1 Å². The molecule has 0 aliphatic carbocycles. The first-order valence-corrected chi connectivity index (χ1v) is 5.03. The van der Waals surface area contributed by atoms with Crippen LogP contribution in [0.15, 0.2) is 28.3 Å². The summed E-state index contributed by atoms with van der Waals surface area (Å²) < 4.78 is 4.67. The predicted octanol–water partition coefficient (Wildman–Crippen LogP) is 2.71. The topological polar surface area (TPSA) is 38.7 Å². The highest BCUT2D eigenvalue weighted by Crippen LogP contribution is 2.11. The van der Waals surface area contributed by atoms with E-state index in [2.05, 4.69) is 9.73 Å². The Kier molecular flexibility index (Phi) is 6.71. The van der Waals surface area contributed by atoms with Gasteiger partial charge in [0.15, 0.2) is 0 Å². The van der Waals surface area contributed by atoms with Crippen LogP contribution in [0.4, 0.5) is 0 Å². The fourth-order valence-corrected chi connectivity index (χ4v) is 0.975. The van der Waals surface area contributed by atoms with E-state index in [9.17, 15) is 4.79 Å². The second-order valence-electron chi connectivity index (χ2n) is 2.92. The van der Waals surface area contributed by atoms with Crippen molar-refractivity contribution in [3.63, 3.8) is 0 Å². The lowest BCUT2D eigenvalue weighted by Crippen LogP contribution is -2.05. The van der Waals surface area contributed by atoms with Gasteiger partial charge < -0.3 is 4.74 Å². The Morgan fingerprint density at radius 3 is 2.47 bits per heavy atom. The normalized spacial score (nSPS) is 14.1. The van der Waals surface area contributed by atoms with E-state index in [1.165, 1.54) is 7.11 Å². The van der Waals surface area contributed by atoms with Crippen molar-refractivity contribution in [1.29, 1.82) is 0 Å².